The van der Waals surface area contributed by atoms with Crippen molar-refractivity contribution in [2.45, 2.75) is 23.7 Å². The van der Waals surface area contributed by atoms with Crippen LogP contribution in [0.3, 0.4) is 0 Å². The minimum Gasteiger partial charge on any atom is -0.300 e. The van der Waals surface area contributed by atoms with E-state index in [0.717, 1.165) is 49.2 Å². The molecule has 0 atom stereocenters. The van der Waals surface area contributed by atoms with Gasteiger partial charge in [-0.3, -0.25) is 4.90 Å². The van der Waals surface area contributed by atoms with E-state index in [1.165, 1.54) is 0 Å². The monoisotopic (exact) mass is 417 g/mol. The molecule has 3 aromatic carbocycles. The molecule has 1 aliphatic heterocycles. The van der Waals surface area contributed by atoms with Crippen LogP contribution >= 0.6 is 0 Å². The first-order valence-electron chi connectivity index (χ1n) is 11.1. The first kappa shape index (κ1) is 21.6. The van der Waals surface area contributed by atoms with Gasteiger partial charge < -0.3 is 0 Å². The Morgan fingerprint density at radius 1 is 0.781 bits per heavy atom. The highest BCUT2D eigenvalue weighted by molar-refractivity contribution is 5.51. The van der Waals surface area contributed by atoms with Crippen molar-refractivity contribution in [2.24, 2.45) is 0 Å². The maximum absolute atomic E-state index is 10.3. The Morgan fingerprint density at radius 3 is 1.75 bits per heavy atom. The molecule has 158 valence electrons. The summed E-state index contributed by atoms with van der Waals surface area (Å²) in [7, 11) is 0. The van der Waals surface area contributed by atoms with Gasteiger partial charge in [-0.15, -0.1) is 0 Å². The Kier molecular flexibility index (Phi) is 6.50. The number of likely N-dealkylation sites (tertiary alicyclic amines) is 1. The van der Waals surface area contributed by atoms with Gasteiger partial charge in [-0.25, -0.2) is 0 Å². The van der Waals surface area contributed by atoms with E-state index >= 15 is 0 Å². The van der Waals surface area contributed by atoms with Crippen molar-refractivity contribution in [1.82, 2.24) is 4.90 Å². The second-order valence-electron chi connectivity index (χ2n) is 8.41. The Balaban J connectivity index is 1.51. The van der Waals surface area contributed by atoms with Gasteiger partial charge in [0.15, 0.2) is 0 Å². The number of hydrogen-bond donors (Lipinski definition) is 0. The number of piperidine rings is 1. The fraction of sp³-hybridized carbons (Fsp3) is 0.241. The van der Waals surface area contributed by atoms with E-state index in [9.17, 15) is 10.5 Å². The molecule has 0 unspecified atom stereocenters. The lowest BCUT2D eigenvalue weighted by Gasteiger charge is -2.37. The minimum absolute atomic E-state index is 0.397. The number of allylic oxidation sites excluding steroid dienone is 1. The number of benzene rings is 3. The Hall–Kier alpha value is -3.66. The fourth-order valence-electron chi connectivity index (χ4n) is 4.65. The molecule has 0 bridgehead atoms. The van der Waals surface area contributed by atoms with Crippen LogP contribution in [-0.2, 0) is 10.8 Å². The quantitative estimate of drug-likeness (QED) is 0.490. The van der Waals surface area contributed by atoms with E-state index < -0.39 is 10.8 Å². The van der Waals surface area contributed by atoms with Crippen LogP contribution in [0.5, 0.6) is 0 Å². The lowest BCUT2D eigenvalue weighted by atomic mass is 9.74. The van der Waals surface area contributed by atoms with Crippen molar-refractivity contribution in [1.29, 1.82) is 10.5 Å². The van der Waals surface area contributed by atoms with Gasteiger partial charge in [0.2, 0.25) is 0 Å². The summed E-state index contributed by atoms with van der Waals surface area (Å²) in [6.45, 7) is 2.49. The number of nitrogens with zero attached hydrogens (tertiary/aromatic N) is 3. The SMILES string of the molecule is N#CC1(c2ccccc2)CCN(C/C=C/C(C#N)(c2ccccc2)c2ccccc2)CC1. The third kappa shape index (κ3) is 4.22. The van der Waals surface area contributed by atoms with Gasteiger partial charge in [-0.2, -0.15) is 10.5 Å². The predicted molar refractivity (Wildman–Crippen MR) is 128 cm³/mol. The Morgan fingerprint density at radius 2 is 1.28 bits per heavy atom. The molecule has 0 spiro atoms. The predicted octanol–water partition coefficient (Wildman–Crippen LogP) is 5.61. The largest absolute Gasteiger partial charge is 0.300 e. The summed E-state index contributed by atoms with van der Waals surface area (Å²) in [5.74, 6) is 0. The van der Waals surface area contributed by atoms with E-state index in [1.807, 2.05) is 84.9 Å². The topological polar surface area (TPSA) is 50.8 Å². The number of hydrogen-bond acceptors (Lipinski definition) is 3. The molecule has 1 saturated heterocycles. The average Bonchev–Trinajstić information content (AvgIpc) is 2.89. The second-order valence-corrected chi connectivity index (χ2v) is 8.41. The summed E-state index contributed by atoms with van der Waals surface area (Å²) in [4.78, 5) is 2.37. The van der Waals surface area contributed by atoms with Crippen molar-refractivity contribution in [2.75, 3.05) is 19.6 Å². The third-order valence-corrected chi connectivity index (χ3v) is 6.62. The second kappa shape index (κ2) is 9.65. The van der Waals surface area contributed by atoms with E-state index in [0.29, 0.717) is 0 Å². The number of nitriles is 2. The van der Waals surface area contributed by atoms with Gasteiger partial charge in [0.05, 0.1) is 17.6 Å². The van der Waals surface area contributed by atoms with E-state index in [2.05, 4.69) is 35.2 Å². The highest BCUT2D eigenvalue weighted by Gasteiger charge is 2.36. The summed E-state index contributed by atoms with van der Waals surface area (Å²) in [5.41, 5.74) is 1.84. The molecule has 0 radical (unpaired) electrons. The lowest BCUT2D eigenvalue weighted by molar-refractivity contribution is 0.203. The normalized spacial score (nSPS) is 16.3. The third-order valence-electron chi connectivity index (χ3n) is 6.62. The molecule has 0 aliphatic carbocycles. The zero-order chi connectivity index (χ0) is 22.3. The summed E-state index contributed by atoms with van der Waals surface area (Å²) in [5, 5.41) is 20.2. The van der Waals surface area contributed by atoms with Crippen molar-refractivity contribution in [3.63, 3.8) is 0 Å². The molecule has 0 aromatic heterocycles. The summed E-state index contributed by atoms with van der Waals surface area (Å²) >= 11 is 0. The van der Waals surface area contributed by atoms with E-state index in [-0.39, 0.29) is 0 Å². The molecule has 0 N–H and O–H groups in total. The van der Waals surface area contributed by atoms with Crippen LogP contribution in [0.25, 0.3) is 0 Å². The molecular formula is C29H27N3. The van der Waals surface area contributed by atoms with Gasteiger partial charge >= 0.3 is 0 Å². The molecule has 32 heavy (non-hydrogen) atoms. The molecule has 1 heterocycles. The molecule has 3 heteroatoms. The smallest absolute Gasteiger partial charge is 0.125 e. The minimum atomic E-state index is -0.821. The van der Waals surface area contributed by atoms with Crippen molar-refractivity contribution in [3.05, 3.63) is 120 Å². The van der Waals surface area contributed by atoms with Crippen LogP contribution in [0.15, 0.2) is 103 Å². The standard InChI is InChI=1S/C29H27N3/c30-23-28(25-11-4-1-5-12-25)18-21-32(22-19-28)20-10-17-29(24-31,26-13-6-2-7-14-26)27-15-8-3-9-16-27/h1-17H,18-22H2/b17-10+. The zero-order valence-corrected chi connectivity index (χ0v) is 18.2. The van der Waals surface area contributed by atoms with E-state index in [1.54, 1.807) is 0 Å². The molecule has 4 rings (SSSR count). The highest BCUT2D eigenvalue weighted by Crippen LogP contribution is 2.36. The maximum Gasteiger partial charge on any atom is 0.125 e. The summed E-state index contributed by atoms with van der Waals surface area (Å²) in [6.07, 6.45) is 5.80. The molecule has 0 saturated carbocycles. The molecular weight excluding hydrogens is 390 g/mol. The van der Waals surface area contributed by atoms with Gasteiger partial charge in [0.25, 0.3) is 0 Å². The van der Waals surface area contributed by atoms with Gasteiger partial charge in [-0.1, -0.05) is 103 Å². The van der Waals surface area contributed by atoms with Gasteiger partial charge in [-0.05, 0) is 29.5 Å². The molecule has 1 fully saturated rings. The zero-order valence-electron chi connectivity index (χ0n) is 18.2. The molecule has 3 aromatic rings. The van der Waals surface area contributed by atoms with Crippen LogP contribution in [0.2, 0.25) is 0 Å². The molecule has 0 amide bonds. The van der Waals surface area contributed by atoms with Crippen LogP contribution in [0.4, 0.5) is 0 Å². The van der Waals surface area contributed by atoms with Crippen molar-refractivity contribution < 1.29 is 0 Å². The Bertz CT molecular complexity index is 1070. The van der Waals surface area contributed by atoms with Crippen LogP contribution in [0.1, 0.15) is 29.5 Å². The maximum atomic E-state index is 10.3. The van der Waals surface area contributed by atoms with Crippen LogP contribution in [0, 0.1) is 22.7 Å². The highest BCUT2D eigenvalue weighted by atomic mass is 15.1. The lowest BCUT2D eigenvalue weighted by Crippen LogP contribution is -2.42. The van der Waals surface area contributed by atoms with Gasteiger partial charge in [0.1, 0.15) is 5.41 Å². The van der Waals surface area contributed by atoms with E-state index in [4.69, 9.17) is 0 Å². The fourth-order valence-corrected chi connectivity index (χ4v) is 4.65. The summed E-state index contributed by atoms with van der Waals surface area (Å²) < 4.78 is 0. The van der Waals surface area contributed by atoms with Crippen molar-refractivity contribution in [3.8, 4) is 12.1 Å². The van der Waals surface area contributed by atoms with Crippen molar-refractivity contribution >= 4 is 0 Å². The molecule has 1 aliphatic rings. The van der Waals surface area contributed by atoms with Gasteiger partial charge in [0, 0.05) is 19.6 Å². The van der Waals surface area contributed by atoms with Crippen LogP contribution < -0.4 is 0 Å². The first-order chi connectivity index (χ1) is 15.7. The first-order valence-corrected chi connectivity index (χ1v) is 11.1. The van der Waals surface area contributed by atoms with Crippen LogP contribution in [-0.4, -0.2) is 24.5 Å². The average molecular weight is 418 g/mol. The summed E-state index contributed by atoms with van der Waals surface area (Å²) in [6, 6.07) is 35.3. The Labute approximate surface area is 190 Å². The number of rotatable bonds is 6. The molecule has 3 nitrogen and oxygen atoms in total.